The first-order valence-corrected chi connectivity index (χ1v) is 9.35. The molecule has 0 saturated carbocycles. The summed E-state index contributed by atoms with van der Waals surface area (Å²) in [5.74, 6) is 1.36. The molecule has 3 saturated heterocycles. The topological polar surface area (TPSA) is 52.6 Å². The number of fused-ring (bicyclic) bond motifs is 1. The molecule has 0 aromatic carbocycles. The van der Waals surface area contributed by atoms with Gasteiger partial charge in [-0.15, -0.1) is 0 Å². The van der Waals surface area contributed by atoms with Crippen molar-refractivity contribution in [1.29, 1.82) is 0 Å². The van der Waals surface area contributed by atoms with Crippen LogP contribution in [0.1, 0.15) is 32.1 Å². The van der Waals surface area contributed by atoms with E-state index < -0.39 is 0 Å². The number of carbonyl (C=O) groups excluding carboxylic acids is 1. The van der Waals surface area contributed by atoms with E-state index in [4.69, 9.17) is 0 Å². The normalized spacial score (nSPS) is 28.5. The van der Waals surface area contributed by atoms with Crippen LogP contribution in [0.5, 0.6) is 0 Å². The Kier molecular flexibility index (Phi) is 4.65. The van der Waals surface area contributed by atoms with Gasteiger partial charge in [-0.1, -0.05) is 6.42 Å². The lowest BCUT2D eigenvalue weighted by atomic mass is 9.94. The molecule has 3 aliphatic heterocycles. The van der Waals surface area contributed by atoms with Crippen molar-refractivity contribution in [2.45, 2.75) is 38.1 Å². The summed E-state index contributed by atoms with van der Waals surface area (Å²) in [7, 11) is 0. The third-order valence-corrected chi connectivity index (χ3v) is 5.79. The number of carbonyl (C=O) groups is 1. The van der Waals surface area contributed by atoms with Gasteiger partial charge in [0.1, 0.15) is 5.82 Å². The van der Waals surface area contributed by atoms with Crippen molar-refractivity contribution in [2.24, 2.45) is 5.92 Å². The van der Waals surface area contributed by atoms with Crippen LogP contribution >= 0.6 is 0 Å². The van der Waals surface area contributed by atoms with E-state index in [9.17, 15) is 4.79 Å². The highest BCUT2D eigenvalue weighted by Gasteiger charge is 2.35. The predicted molar refractivity (Wildman–Crippen MR) is 92.8 cm³/mol. The minimum atomic E-state index is 0.107. The Morgan fingerprint density at radius 3 is 2.83 bits per heavy atom. The highest BCUT2D eigenvalue weighted by molar-refractivity contribution is 5.80. The van der Waals surface area contributed by atoms with Gasteiger partial charge in [0.25, 0.3) is 0 Å². The molecule has 2 unspecified atom stereocenters. The van der Waals surface area contributed by atoms with Crippen molar-refractivity contribution < 1.29 is 4.79 Å². The summed E-state index contributed by atoms with van der Waals surface area (Å²) >= 11 is 0. The average Bonchev–Trinajstić information content (AvgIpc) is 2.68. The highest BCUT2D eigenvalue weighted by Crippen LogP contribution is 2.26. The largest absolute Gasteiger partial charge is 0.355 e. The predicted octanol–water partition coefficient (Wildman–Crippen LogP) is 1.39. The molecule has 0 aliphatic carbocycles. The summed E-state index contributed by atoms with van der Waals surface area (Å²) in [6.45, 7) is 5.85. The fourth-order valence-electron chi connectivity index (χ4n) is 4.46. The molecule has 6 heteroatoms. The number of anilines is 1. The van der Waals surface area contributed by atoms with E-state index in [1.54, 1.807) is 18.6 Å². The molecule has 3 fully saturated rings. The van der Waals surface area contributed by atoms with Crippen LogP contribution in [-0.2, 0) is 4.79 Å². The van der Waals surface area contributed by atoms with Crippen LogP contribution in [0.4, 0.5) is 5.82 Å². The van der Waals surface area contributed by atoms with E-state index in [1.807, 2.05) is 0 Å². The third-order valence-electron chi connectivity index (χ3n) is 5.79. The lowest BCUT2D eigenvalue weighted by Gasteiger charge is -2.45. The molecule has 1 amide bonds. The summed E-state index contributed by atoms with van der Waals surface area (Å²) in [6, 6.07) is 0.594. The number of piperazine rings is 1. The van der Waals surface area contributed by atoms with Crippen molar-refractivity contribution in [3.63, 3.8) is 0 Å². The Morgan fingerprint density at radius 2 is 1.96 bits per heavy atom. The molecule has 1 aromatic heterocycles. The zero-order valence-corrected chi connectivity index (χ0v) is 14.3. The molecule has 6 nitrogen and oxygen atoms in total. The fraction of sp³-hybridized carbons (Fsp3) is 0.722. The molecule has 3 aliphatic rings. The molecular formula is C18H27N5O. The minimum Gasteiger partial charge on any atom is -0.355 e. The molecule has 0 N–H and O–H groups in total. The van der Waals surface area contributed by atoms with Gasteiger partial charge in [0.15, 0.2) is 0 Å². The summed E-state index contributed by atoms with van der Waals surface area (Å²) in [5.41, 5.74) is 0. The zero-order chi connectivity index (χ0) is 16.4. The second kappa shape index (κ2) is 7.05. The fourth-order valence-corrected chi connectivity index (χ4v) is 4.46. The van der Waals surface area contributed by atoms with Crippen LogP contribution in [0, 0.1) is 5.92 Å². The van der Waals surface area contributed by atoms with Gasteiger partial charge in [0.2, 0.25) is 5.91 Å². The molecule has 2 atom stereocenters. The van der Waals surface area contributed by atoms with Crippen LogP contribution in [0.25, 0.3) is 0 Å². The van der Waals surface area contributed by atoms with Crippen molar-refractivity contribution in [3.8, 4) is 0 Å². The van der Waals surface area contributed by atoms with E-state index in [2.05, 4.69) is 24.7 Å². The minimum absolute atomic E-state index is 0.107. The van der Waals surface area contributed by atoms with Gasteiger partial charge in [-0.3, -0.25) is 14.7 Å². The Morgan fingerprint density at radius 1 is 1.00 bits per heavy atom. The van der Waals surface area contributed by atoms with Crippen molar-refractivity contribution in [1.82, 2.24) is 19.8 Å². The zero-order valence-electron chi connectivity index (χ0n) is 14.3. The standard InChI is InChI=1S/C18H27N5O/c24-18(23-11-10-21-8-2-1-5-16(21)14-23)15-4-3-9-22(13-15)17-12-19-6-7-20-17/h6-7,12,15-16H,1-5,8-11,13-14H2. The van der Waals surface area contributed by atoms with Gasteiger partial charge in [0, 0.05) is 51.2 Å². The maximum Gasteiger partial charge on any atom is 0.227 e. The van der Waals surface area contributed by atoms with E-state index >= 15 is 0 Å². The maximum absolute atomic E-state index is 13.0. The SMILES string of the molecule is O=C(C1CCCN(c2cnccn2)C1)N1CCN2CCCCC2C1. The lowest BCUT2D eigenvalue weighted by molar-refractivity contribution is -0.139. The van der Waals surface area contributed by atoms with Gasteiger partial charge in [-0.2, -0.15) is 0 Å². The van der Waals surface area contributed by atoms with Crippen LogP contribution < -0.4 is 4.90 Å². The van der Waals surface area contributed by atoms with Crippen molar-refractivity contribution >= 4 is 11.7 Å². The van der Waals surface area contributed by atoms with Crippen LogP contribution in [-0.4, -0.2) is 71.0 Å². The lowest BCUT2D eigenvalue weighted by Crippen LogP contribution is -2.58. The quantitative estimate of drug-likeness (QED) is 0.821. The molecule has 0 spiro atoms. The monoisotopic (exact) mass is 329 g/mol. The molecule has 1 aromatic rings. The molecule has 24 heavy (non-hydrogen) atoms. The molecule has 4 heterocycles. The van der Waals surface area contributed by atoms with E-state index in [-0.39, 0.29) is 5.92 Å². The number of amides is 1. The first-order valence-electron chi connectivity index (χ1n) is 9.35. The van der Waals surface area contributed by atoms with Crippen LogP contribution in [0.3, 0.4) is 0 Å². The number of rotatable bonds is 2. The second-order valence-electron chi connectivity index (χ2n) is 7.32. The van der Waals surface area contributed by atoms with Crippen LogP contribution in [0.15, 0.2) is 18.6 Å². The Balaban J connectivity index is 1.39. The van der Waals surface area contributed by atoms with Crippen molar-refractivity contribution in [2.75, 3.05) is 44.2 Å². The molecule has 4 rings (SSSR count). The molecule has 0 bridgehead atoms. The number of piperidine rings is 2. The van der Waals surface area contributed by atoms with Gasteiger partial charge >= 0.3 is 0 Å². The summed E-state index contributed by atoms with van der Waals surface area (Å²) in [5, 5.41) is 0. The summed E-state index contributed by atoms with van der Waals surface area (Å²) in [4.78, 5) is 28.5. The van der Waals surface area contributed by atoms with E-state index in [1.165, 1.54) is 25.8 Å². The van der Waals surface area contributed by atoms with Gasteiger partial charge < -0.3 is 9.80 Å². The molecular weight excluding hydrogens is 302 g/mol. The Hall–Kier alpha value is -1.69. The first kappa shape index (κ1) is 15.8. The summed E-state index contributed by atoms with van der Waals surface area (Å²) in [6.07, 6.45) is 11.2. The average molecular weight is 329 g/mol. The number of hydrogen-bond donors (Lipinski definition) is 0. The van der Waals surface area contributed by atoms with E-state index in [0.29, 0.717) is 11.9 Å². The second-order valence-corrected chi connectivity index (χ2v) is 7.32. The Labute approximate surface area is 143 Å². The third kappa shape index (κ3) is 3.24. The summed E-state index contributed by atoms with van der Waals surface area (Å²) < 4.78 is 0. The van der Waals surface area contributed by atoms with Crippen molar-refractivity contribution in [3.05, 3.63) is 18.6 Å². The van der Waals surface area contributed by atoms with Crippen LogP contribution in [0.2, 0.25) is 0 Å². The van der Waals surface area contributed by atoms with Gasteiger partial charge in [-0.05, 0) is 32.2 Å². The van der Waals surface area contributed by atoms with Gasteiger partial charge in [0.05, 0.1) is 12.1 Å². The number of hydrogen-bond acceptors (Lipinski definition) is 5. The molecule has 130 valence electrons. The first-order chi connectivity index (χ1) is 11.8. The van der Waals surface area contributed by atoms with E-state index in [0.717, 1.165) is 51.4 Å². The highest BCUT2D eigenvalue weighted by atomic mass is 16.2. The maximum atomic E-state index is 13.0. The number of aromatic nitrogens is 2. The number of nitrogens with zero attached hydrogens (tertiary/aromatic N) is 5. The smallest absolute Gasteiger partial charge is 0.227 e. The Bertz CT molecular complexity index is 566. The molecule has 0 radical (unpaired) electrons. The van der Waals surface area contributed by atoms with Gasteiger partial charge in [-0.25, -0.2) is 4.98 Å².